The van der Waals surface area contributed by atoms with Crippen molar-refractivity contribution < 1.29 is 14.3 Å². The fourth-order valence-electron chi connectivity index (χ4n) is 2.37. The number of hydrogen-bond acceptors (Lipinski definition) is 3. The van der Waals surface area contributed by atoms with Gasteiger partial charge in [0, 0.05) is 6.42 Å². The Morgan fingerprint density at radius 3 is 2.30 bits per heavy atom. The molecule has 1 unspecified atom stereocenters. The molecule has 1 rings (SSSR count). The second-order valence-electron chi connectivity index (χ2n) is 5.90. The molecule has 1 heterocycles. The molecule has 0 N–H and O–H groups in total. The summed E-state index contributed by atoms with van der Waals surface area (Å²) in [5.74, 6) is -0.0151. The third kappa shape index (κ3) is 11.3. The molecule has 0 radical (unpaired) electrons. The van der Waals surface area contributed by atoms with Gasteiger partial charge in [0.2, 0.25) is 0 Å². The van der Waals surface area contributed by atoms with Crippen LogP contribution in [-0.2, 0) is 14.3 Å². The maximum Gasteiger partial charge on any atom is 0.305 e. The Labute approximate surface area is 124 Å². The van der Waals surface area contributed by atoms with E-state index in [1.807, 2.05) is 0 Å². The van der Waals surface area contributed by atoms with Crippen LogP contribution in [0.1, 0.15) is 84.0 Å². The minimum atomic E-state index is -0.0151. The Hall–Kier alpha value is -0.570. The lowest BCUT2D eigenvalue weighted by Crippen LogP contribution is -2.05. The zero-order valence-electron chi connectivity index (χ0n) is 13.2. The van der Waals surface area contributed by atoms with E-state index in [4.69, 9.17) is 9.47 Å². The number of epoxide rings is 1. The van der Waals surface area contributed by atoms with Crippen LogP contribution in [-0.4, -0.2) is 25.3 Å². The summed E-state index contributed by atoms with van der Waals surface area (Å²) in [4.78, 5) is 11.5. The molecule has 0 aliphatic carbocycles. The van der Waals surface area contributed by atoms with E-state index < -0.39 is 0 Å². The first-order valence-electron chi connectivity index (χ1n) is 8.60. The summed E-state index contributed by atoms with van der Waals surface area (Å²) in [5.41, 5.74) is 0. The van der Waals surface area contributed by atoms with Gasteiger partial charge in [0.25, 0.3) is 0 Å². The average Bonchev–Trinajstić information content (AvgIpc) is 3.25. The molecule has 1 fully saturated rings. The van der Waals surface area contributed by atoms with E-state index in [1.165, 1.54) is 44.9 Å². The Morgan fingerprint density at radius 1 is 1.00 bits per heavy atom. The van der Waals surface area contributed by atoms with Crippen LogP contribution in [0.4, 0.5) is 0 Å². The molecule has 1 aliphatic rings. The van der Waals surface area contributed by atoms with Gasteiger partial charge < -0.3 is 9.47 Å². The number of unbranched alkanes of at least 4 members (excludes halogenated alkanes) is 8. The standard InChI is InChI=1S/C17H32O3/c1-2-3-4-5-6-7-8-9-13-17(18)19-14-11-10-12-16-15-20-16/h16H,2-15H2,1H3. The minimum Gasteiger partial charge on any atom is -0.466 e. The normalized spacial score (nSPS) is 17.1. The number of hydrogen-bond donors (Lipinski definition) is 0. The van der Waals surface area contributed by atoms with Crippen molar-refractivity contribution in [2.45, 2.75) is 90.1 Å². The van der Waals surface area contributed by atoms with Crippen molar-refractivity contribution in [1.82, 2.24) is 0 Å². The molecule has 3 nitrogen and oxygen atoms in total. The quantitative estimate of drug-likeness (QED) is 0.265. The molecule has 20 heavy (non-hydrogen) atoms. The van der Waals surface area contributed by atoms with Gasteiger partial charge >= 0.3 is 5.97 Å². The summed E-state index contributed by atoms with van der Waals surface area (Å²) in [6, 6.07) is 0. The van der Waals surface area contributed by atoms with Gasteiger partial charge in [-0.15, -0.1) is 0 Å². The molecule has 0 bridgehead atoms. The predicted octanol–water partition coefficient (Wildman–Crippen LogP) is 4.63. The van der Waals surface area contributed by atoms with E-state index in [0.717, 1.165) is 32.3 Å². The van der Waals surface area contributed by atoms with Gasteiger partial charge in [-0.2, -0.15) is 0 Å². The highest BCUT2D eigenvalue weighted by molar-refractivity contribution is 5.69. The molecule has 1 atom stereocenters. The Bertz CT molecular complexity index is 236. The van der Waals surface area contributed by atoms with Crippen LogP contribution in [0, 0.1) is 0 Å². The average molecular weight is 284 g/mol. The van der Waals surface area contributed by atoms with Crippen molar-refractivity contribution in [2.75, 3.05) is 13.2 Å². The topological polar surface area (TPSA) is 38.8 Å². The first kappa shape index (κ1) is 17.5. The second-order valence-corrected chi connectivity index (χ2v) is 5.90. The van der Waals surface area contributed by atoms with Crippen molar-refractivity contribution in [1.29, 1.82) is 0 Å². The van der Waals surface area contributed by atoms with Crippen LogP contribution in [0.5, 0.6) is 0 Å². The fourth-order valence-corrected chi connectivity index (χ4v) is 2.37. The second kappa shape index (κ2) is 12.2. The third-order valence-electron chi connectivity index (χ3n) is 3.82. The van der Waals surface area contributed by atoms with Crippen molar-refractivity contribution in [3.05, 3.63) is 0 Å². The van der Waals surface area contributed by atoms with Crippen molar-refractivity contribution in [2.24, 2.45) is 0 Å². The zero-order chi connectivity index (χ0) is 14.5. The van der Waals surface area contributed by atoms with Gasteiger partial charge in [0.1, 0.15) is 0 Å². The van der Waals surface area contributed by atoms with E-state index >= 15 is 0 Å². The lowest BCUT2D eigenvalue weighted by Gasteiger charge is -2.04. The maximum atomic E-state index is 11.5. The van der Waals surface area contributed by atoms with Crippen LogP contribution >= 0.6 is 0 Å². The molecule has 0 aromatic carbocycles. The molecule has 1 aliphatic heterocycles. The largest absolute Gasteiger partial charge is 0.466 e. The SMILES string of the molecule is CCCCCCCCCCC(=O)OCCCCC1CO1. The van der Waals surface area contributed by atoms with Gasteiger partial charge in [-0.1, -0.05) is 51.9 Å². The highest BCUT2D eigenvalue weighted by atomic mass is 16.6. The minimum absolute atomic E-state index is 0.0151. The maximum absolute atomic E-state index is 11.5. The first-order chi connectivity index (χ1) is 9.83. The lowest BCUT2D eigenvalue weighted by molar-refractivity contribution is -0.143. The number of ether oxygens (including phenoxy) is 2. The van der Waals surface area contributed by atoms with E-state index in [2.05, 4.69) is 6.92 Å². The first-order valence-corrected chi connectivity index (χ1v) is 8.60. The van der Waals surface area contributed by atoms with Gasteiger partial charge in [-0.25, -0.2) is 0 Å². The summed E-state index contributed by atoms with van der Waals surface area (Å²) in [6.07, 6.45) is 14.4. The molecular formula is C17H32O3. The highest BCUT2D eigenvalue weighted by Gasteiger charge is 2.20. The van der Waals surface area contributed by atoms with Gasteiger partial charge in [-0.05, 0) is 25.7 Å². The van der Waals surface area contributed by atoms with Crippen LogP contribution < -0.4 is 0 Å². The summed E-state index contributed by atoms with van der Waals surface area (Å²) in [6.45, 7) is 3.76. The predicted molar refractivity (Wildman–Crippen MR) is 81.8 cm³/mol. The van der Waals surface area contributed by atoms with Crippen LogP contribution in [0.2, 0.25) is 0 Å². The summed E-state index contributed by atoms with van der Waals surface area (Å²) >= 11 is 0. The van der Waals surface area contributed by atoms with Crippen LogP contribution in [0.15, 0.2) is 0 Å². The lowest BCUT2D eigenvalue weighted by atomic mass is 10.1. The molecule has 118 valence electrons. The molecule has 3 heteroatoms. The van der Waals surface area contributed by atoms with Crippen LogP contribution in [0.3, 0.4) is 0 Å². The summed E-state index contributed by atoms with van der Waals surface area (Å²) in [5, 5.41) is 0. The van der Waals surface area contributed by atoms with Crippen molar-refractivity contribution in [3.8, 4) is 0 Å². The fraction of sp³-hybridized carbons (Fsp3) is 0.941. The van der Waals surface area contributed by atoms with Crippen LogP contribution in [0.25, 0.3) is 0 Å². The smallest absolute Gasteiger partial charge is 0.305 e. The van der Waals surface area contributed by atoms with Gasteiger partial charge in [0.05, 0.1) is 19.3 Å². The Balaban J connectivity index is 1.73. The molecular weight excluding hydrogens is 252 g/mol. The van der Waals surface area contributed by atoms with Crippen molar-refractivity contribution >= 4 is 5.97 Å². The van der Waals surface area contributed by atoms with Crippen molar-refractivity contribution in [3.63, 3.8) is 0 Å². The highest BCUT2D eigenvalue weighted by Crippen LogP contribution is 2.16. The molecule has 0 saturated carbocycles. The van der Waals surface area contributed by atoms with Gasteiger partial charge in [0.15, 0.2) is 0 Å². The number of rotatable bonds is 14. The molecule has 0 spiro atoms. The zero-order valence-corrected chi connectivity index (χ0v) is 13.2. The molecule has 1 saturated heterocycles. The van der Waals surface area contributed by atoms with E-state index in [-0.39, 0.29) is 5.97 Å². The number of carbonyl (C=O) groups is 1. The molecule has 0 amide bonds. The number of esters is 1. The molecule has 0 aromatic heterocycles. The Kier molecular flexibility index (Phi) is 10.7. The Morgan fingerprint density at radius 2 is 1.65 bits per heavy atom. The summed E-state index contributed by atoms with van der Waals surface area (Å²) in [7, 11) is 0. The number of carbonyl (C=O) groups excluding carboxylic acids is 1. The van der Waals surface area contributed by atoms with Gasteiger partial charge in [-0.3, -0.25) is 4.79 Å². The summed E-state index contributed by atoms with van der Waals surface area (Å²) < 4.78 is 10.4. The van der Waals surface area contributed by atoms with E-state index in [1.54, 1.807) is 0 Å². The van der Waals surface area contributed by atoms with E-state index in [0.29, 0.717) is 19.1 Å². The monoisotopic (exact) mass is 284 g/mol. The third-order valence-corrected chi connectivity index (χ3v) is 3.82. The van der Waals surface area contributed by atoms with E-state index in [9.17, 15) is 4.79 Å². The molecule has 0 aromatic rings.